The summed E-state index contributed by atoms with van der Waals surface area (Å²) in [4.78, 5) is 28.9. The summed E-state index contributed by atoms with van der Waals surface area (Å²) in [6.07, 6.45) is 0. The zero-order chi connectivity index (χ0) is 22.0. The van der Waals surface area contributed by atoms with Crippen LogP contribution in [-0.4, -0.2) is 60.9 Å². The fourth-order valence-corrected chi connectivity index (χ4v) is 3.62. The first-order valence-electron chi connectivity index (χ1n) is 9.27. The van der Waals surface area contributed by atoms with Crippen LogP contribution in [0.5, 0.6) is 5.75 Å². The number of rotatable bonds is 6. The fraction of sp³-hybridized carbons (Fsp3) is 0.273. The molecule has 0 aromatic heterocycles. The van der Waals surface area contributed by atoms with Crippen LogP contribution in [0.15, 0.2) is 48.0 Å². The third-order valence-corrected chi connectivity index (χ3v) is 5.18. The van der Waals surface area contributed by atoms with Crippen LogP contribution in [-0.2, 0) is 9.59 Å². The molecule has 1 atom stereocenters. The molecule has 0 bridgehead atoms. The summed E-state index contributed by atoms with van der Waals surface area (Å²) in [5.41, 5.74) is 0.0689. The van der Waals surface area contributed by atoms with Gasteiger partial charge in [0.15, 0.2) is 0 Å². The monoisotopic (exact) mass is 432 g/mol. The summed E-state index contributed by atoms with van der Waals surface area (Å²) < 4.78 is 20.0. The summed E-state index contributed by atoms with van der Waals surface area (Å²) in [6, 6.07) is 9.35. The van der Waals surface area contributed by atoms with Crippen molar-refractivity contribution in [3.05, 3.63) is 70.0 Å². The van der Waals surface area contributed by atoms with Crippen molar-refractivity contribution in [2.45, 2.75) is 6.04 Å². The Hall–Kier alpha value is -2.90. The Labute approximate surface area is 179 Å². The van der Waals surface area contributed by atoms with Crippen molar-refractivity contribution in [3.63, 3.8) is 0 Å². The van der Waals surface area contributed by atoms with Gasteiger partial charge in [0.05, 0.1) is 24.3 Å². The zero-order valence-corrected chi connectivity index (χ0v) is 17.6. The number of ether oxygens (including phenoxy) is 1. The normalized spacial score (nSPS) is 18.3. The number of hydrogen-bond donors (Lipinski definition) is 1. The van der Waals surface area contributed by atoms with Gasteiger partial charge in [-0.3, -0.25) is 9.59 Å². The number of hydrogen-bond acceptors (Lipinski definition) is 5. The largest absolute Gasteiger partial charge is 0.507 e. The number of Topliss-reactive ketones (excluding diaryl/α,β-unsaturated/α-hetero) is 1. The minimum absolute atomic E-state index is 0.123. The molecule has 2 aromatic carbocycles. The van der Waals surface area contributed by atoms with Crippen LogP contribution in [0.1, 0.15) is 17.2 Å². The molecule has 1 heterocycles. The maximum atomic E-state index is 14.7. The lowest BCUT2D eigenvalue weighted by molar-refractivity contribution is -0.140. The molecule has 1 N–H and O–H groups in total. The van der Waals surface area contributed by atoms with Crippen LogP contribution < -0.4 is 4.74 Å². The minimum atomic E-state index is -1.07. The fourth-order valence-electron chi connectivity index (χ4n) is 3.45. The van der Waals surface area contributed by atoms with Gasteiger partial charge in [0, 0.05) is 23.7 Å². The van der Waals surface area contributed by atoms with Crippen LogP contribution in [0.3, 0.4) is 0 Å². The average Bonchev–Trinajstić information content (AvgIpc) is 2.96. The van der Waals surface area contributed by atoms with Crippen LogP contribution in [0.4, 0.5) is 4.39 Å². The maximum Gasteiger partial charge on any atom is 0.295 e. The lowest BCUT2D eigenvalue weighted by atomic mass is 9.94. The van der Waals surface area contributed by atoms with Crippen LogP contribution in [0.2, 0.25) is 5.02 Å². The number of likely N-dealkylation sites (tertiary alicyclic amines) is 1. The number of nitrogens with zero attached hydrogens (tertiary/aromatic N) is 2. The number of benzene rings is 2. The molecule has 3 rings (SSSR count). The van der Waals surface area contributed by atoms with E-state index in [4.69, 9.17) is 16.3 Å². The quantitative estimate of drug-likeness (QED) is 0.430. The Morgan fingerprint density at radius 3 is 2.57 bits per heavy atom. The number of halogens is 2. The van der Waals surface area contributed by atoms with E-state index < -0.39 is 29.3 Å². The maximum absolute atomic E-state index is 14.7. The Morgan fingerprint density at radius 1 is 1.23 bits per heavy atom. The molecule has 2 aromatic rings. The van der Waals surface area contributed by atoms with Crippen LogP contribution in [0.25, 0.3) is 5.76 Å². The molecule has 1 saturated heterocycles. The van der Waals surface area contributed by atoms with Crippen molar-refractivity contribution in [3.8, 4) is 5.75 Å². The number of aliphatic hydroxyl groups excluding tert-OH is 1. The highest BCUT2D eigenvalue weighted by molar-refractivity contribution is 6.46. The van der Waals surface area contributed by atoms with Crippen molar-refractivity contribution in [1.82, 2.24) is 9.80 Å². The molecule has 0 aliphatic carbocycles. The lowest BCUT2D eigenvalue weighted by Crippen LogP contribution is -2.35. The molecular formula is C22H22ClFN2O4. The van der Waals surface area contributed by atoms with Crippen molar-refractivity contribution in [2.75, 3.05) is 34.3 Å². The van der Waals surface area contributed by atoms with E-state index in [-0.39, 0.29) is 29.0 Å². The SMILES string of the molecule is COc1ccc(Cl)cc1/C(O)=C1\C(=O)C(=O)N(CCN(C)C)C1c1ccccc1F. The molecule has 1 aliphatic heterocycles. The third-order valence-electron chi connectivity index (χ3n) is 4.94. The number of carbonyl (C=O) groups is 2. The predicted molar refractivity (Wildman–Crippen MR) is 112 cm³/mol. The molecule has 1 unspecified atom stereocenters. The number of ketones is 1. The van der Waals surface area contributed by atoms with Gasteiger partial charge < -0.3 is 19.6 Å². The Balaban J connectivity index is 2.24. The first-order valence-corrected chi connectivity index (χ1v) is 9.65. The zero-order valence-electron chi connectivity index (χ0n) is 16.9. The predicted octanol–water partition coefficient (Wildman–Crippen LogP) is 3.47. The number of amides is 1. The number of methoxy groups -OCH3 is 1. The van der Waals surface area contributed by atoms with Gasteiger partial charge in [-0.1, -0.05) is 29.8 Å². The highest BCUT2D eigenvalue weighted by atomic mass is 35.5. The van der Waals surface area contributed by atoms with E-state index in [0.29, 0.717) is 11.6 Å². The molecule has 158 valence electrons. The lowest BCUT2D eigenvalue weighted by Gasteiger charge is -2.27. The average molecular weight is 433 g/mol. The Bertz CT molecular complexity index is 1020. The molecule has 0 saturated carbocycles. The summed E-state index contributed by atoms with van der Waals surface area (Å²) in [7, 11) is 5.06. The van der Waals surface area contributed by atoms with E-state index >= 15 is 0 Å². The second-order valence-electron chi connectivity index (χ2n) is 7.16. The number of aliphatic hydroxyl groups is 1. The summed E-state index contributed by atoms with van der Waals surface area (Å²) in [6.45, 7) is 0.637. The van der Waals surface area contributed by atoms with Gasteiger partial charge in [-0.25, -0.2) is 4.39 Å². The van der Waals surface area contributed by atoms with Gasteiger partial charge in [-0.15, -0.1) is 0 Å². The second kappa shape index (κ2) is 8.85. The Morgan fingerprint density at radius 2 is 1.93 bits per heavy atom. The standard InChI is InChI=1S/C22H22ClFN2O4/c1-25(2)10-11-26-19(14-6-4-5-7-16(14)24)18(21(28)22(26)29)20(27)15-12-13(23)8-9-17(15)30-3/h4-9,12,19,27H,10-11H2,1-3H3/b20-18+. The molecule has 6 nitrogen and oxygen atoms in total. The molecule has 0 radical (unpaired) electrons. The molecule has 1 aliphatic rings. The molecule has 8 heteroatoms. The Kier molecular flexibility index (Phi) is 6.43. The van der Waals surface area contributed by atoms with Crippen molar-refractivity contribution in [1.29, 1.82) is 0 Å². The number of carbonyl (C=O) groups excluding carboxylic acids is 2. The van der Waals surface area contributed by atoms with Crippen LogP contribution >= 0.6 is 11.6 Å². The second-order valence-corrected chi connectivity index (χ2v) is 7.60. The van der Waals surface area contributed by atoms with Gasteiger partial charge in [0.25, 0.3) is 11.7 Å². The van der Waals surface area contributed by atoms with Gasteiger partial charge >= 0.3 is 0 Å². The third kappa shape index (κ3) is 4.04. The van der Waals surface area contributed by atoms with Gasteiger partial charge in [-0.2, -0.15) is 0 Å². The van der Waals surface area contributed by atoms with E-state index in [0.717, 1.165) is 0 Å². The molecular weight excluding hydrogens is 411 g/mol. The molecule has 0 spiro atoms. The highest BCUT2D eigenvalue weighted by Crippen LogP contribution is 2.41. The summed E-state index contributed by atoms with van der Waals surface area (Å²) >= 11 is 6.06. The van der Waals surface area contributed by atoms with E-state index in [1.807, 2.05) is 19.0 Å². The van der Waals surface area contributed by atoms with E-state index in [1.54, 1.807) is 12.1 Å². The molecule has 30 heavy (non-hydrogen) atoms. The minimum Gasteiger partial charge on any atom is -0.507 e. The number of likely N-dealkylation sites (N-methyl/N-ethyl adjacent to an activating group) is 1. The smallest absolute Gasteiger partial charge is 0.295 e. The topological polar surface area (TPSA) is 70.1 Å². The first-order chi connectivity index (χ1) is 14.3. The van der Waals surface area contributed by atoms with E-state index in [1.165, 1.54) is 42.3 Å². The van der Waals surface area contributed by atoms with Crippen molar-refractivity contribution < 1.29 is 23.8 Å². The molecule has 1 fully saturated rings. The van der Waals surface area contributed by atoms with Gasteiger partial charge in [-0.05, 0) is 38.4 Å². The van der Waals surface area contributed by atoms with E-state index in [9.17, 15) is 19.1 Å². The van der Waals surface area contributed by atoms with E-state index in [2.05, 4.69) is 0 Å². The molecule has 1 amide bonds. The van der Waals surface area contributed by atoms with Crippen LogP contribution in [0, 0.1) is 5.82 Å². The highest BCUT2D eigenvalue weighted by Gasteiger charge is 2.47. The summed E-state index contributed by atoms with van der Waals surface area (Å²) in [5, 5.41) is 11.4. The van der Waals surface area contributed by atoms with Gasteiger partial charge in [0.2, 0.25) is 0 Å². The summed E-state index contributed by atoms with van der Waals surface area (Å²) in [5.74, 6) is -2.46. The van der Waals surface area contributed by atoms with Crippen molar-refractivity contribution >= 4 is 29.1 Å². The van der Waals surface area contributed by atoms with Crippen molar-refractivity contribution in [2.24, 2.45) is 0 Å². The first kappa shape index (κ1) is 21.8. The van der Waals surface area contributed by atoms with Gasteiger partial charge in [0.1, 0.15) is 17.3 Å².